The molecule has 132 valence electrons. The third kappa shape index (κ3) is 6.27. The van der Waals surface area contributed by atoms with E-state index in [2.05, 4.69) is 31.1 Å². The predicted molar refractivity (Wildman–Crippen MR) is 94.4 cm³/mol. The second-order valence-electron chi connectivity index (χ2n) is 6.02. The summed E-state index contributed by atoms with van der Waals surface area (Å²) in [5, 5.41) is 8.40. The van der Waals surface area contributed by atoms with Crippen molar-refractivity contribution in [2.24, 2.45) is 5.92 Å². The van der Waals surface area contributed by atoms with Gasteiger partial charge in [-0.25, -0.2) is 0 Å². The Hall–Kier alpha value is -1.36. The fraction of sp³-hybridized carbons (Fsp3) is 0.625. The van der Waals surface area contributed by atoms with Gasteiger partial charge < -0.3 is 4.90 Å². The maximum atomic E-state index is 10.8. The van der Waals surface area contributed by atoms with Crippen LogP contribution in [-0.2, 0) is 14.3 Å². The zero-order chi connectivity index (χ0) is 17.6. The minimum atomic E-state index is -3.40. The van der Waals surface area contributed by atoms with Gasteiger partial charge in [0.1, 0.15) is 6.61 Å². The molecule has 1 aromatic rings. The van der Waals surface area contributed by atoms with E-state index in [4.69, 9.17) is 11.6 Å². The maximum Gasteiger partial charge on any atom is 0.265 e. The molecule has 6 nitrogen and oxygen atoms in total. The van der Waals surface area contributed by atoms with E-state index in [-0.39, 0.29) is 6.61 Å². The Morgan fingerprint density at radius 3 is 2.54 bits per heavy atom. The van der Waals surface area contributed by atoms with Crippen LogP contribution >= 0.6 is 11.6 Å². The summed E-state index contributed by atoms with van der Waals surface area (Å²) < 4.78 is 26.2. The third-order valence-corrected chi connectivity index (χ3v) is 4.95. The third-order valence-electron chi connectivity index (χ3n) is 4.20. The van der Waals surface area contributed by atoms with E-state index in [1.807, 2.05) is 13.1 Å². The van der Waals surface area contributed by atoms with Gasteiger partial charge in [-0.2, -0.15) is 8.42 Å². The highest BCUT2D eigenvalue weighted by molar-refractivity contribution is 7.86. The molecule has 0 spiro atoms. The van der Waals surface area contributed by atoms with E-state index < -0.39 is 10.1 Å². The molecule has 1 fully saturated rings. The standard InChI is InChI=1S/C16H22ClN3O3S/c1-20(16-11-10-15(17)18-19-16)14-8-6-13(7-9-14)5-3-4-12-23-24(2,21)22/h10-11,13-14H,5-9,12H2,1-2H3. The van der Waals surface area contributed by atoms with Crippen molar-refractivity contribution < 1.29 is 12.6 Å². The monoisotopic (exact) mass is 371 g/mol. The predicted octanol–water partition coefficient (Wildman–Crippen LogP) is 2.49. The fourth-order valence-electron chi connectivity index (χ4n) is 2.82. The number of hydrogen-bond acceptors (Lipinski definition) is 6. The van der Waals surface area contributed by atoms with Crippen LogP contribution in [0.5, 0.6) is 0 Å². The Balaban J connectivity index is 1.75. The lowest BCUT2D eigenvalue weighted by atomic mass is 9.84. The van der Waals surface area contributed by atoms with Gasteiger partial charge in [-0.15, -0.1) is 16.1 Å². The molecule has 0 aromatic carbocycles. The molecular weight excluding hydrogens is 350 g/mol. The summed E-state index contributed by atoms with van der Waals surface area (Å²) in [4.78, 5) is 2.16. The first-order valence-electron chi connectivity index (χ1n) is 7.87. The van der Waals surface area contributed by atoms with Crippen molar-refractivity contribution in [1.82, 2.24) is 10.2 Å². The molecule has 1 aromatic heterocycles. The number of hydrogen-bond donors (Lipinski definition) is 0. The Kier molecular flexibility index (Phi) is 6.84. The van der Waals surface area contributed by atoms with E-state index in [9.17, 15) is 8.42 Å². The summed E-state index contributed by atoms with van der Waals surface area (Å²) in [7, 11) is -1.37. The van der Waals surface area contributed by atoms with Gasteiger partial charge in [-0.3, -0.25) is 4.18 Å². The first kappa shape index (κ1) is 19.0. The van der Waals surface area contributed by atoms with Gasteiger partial charge in [-0.05, 0) is 43.7 Å². The lowest BCUT2D eigenvalue weighted by molar-refractivity contribution is 0.324. The smallest absolute Gasteiger partial charge is 0.265 e. The van der Waals surface area contributed by atoms with Gasteiger partial charge in [-0.1, -0.05) is 17.5 Å². The molecule has 0 saturated heterocycles. The van der Waals surface area contributed by atoms with Gasteiger partial charge in [0.2, 0.25) is 0 Å². The zero-order valence-corrected chi connectivity index (χ0v) is 15.5. The Bertz CT molecular complexity index is 690. The van der Waals surface area contributed by atoms with Crippen molar-refractivity contribution >= 4 is 27.5 Å². The van der Waals surface area contributed by atoms with Crippen molar-refractivity contribution in [2.45, 2.75) is 38.1 Å². The second-order valence-corrected chi connectivity index (χ2v) is 8.05. The van der Waals surface area contributed by atoms with Crippen LogP contribution in [-0.4, -0.2) is 44.6 Å². The number of rotatable bonds is 5. The number of anilines is 1. The van der Waals surface area contributed by atoms with E-state index in [0.717, 1.165) is 44.2 Å². The summed E-state index contributed by atoms with van der Waals surface area (Å²) in [5.74, 6) is 7.17. The minimum Gasteiger partial charge on any atom is -0.355 e. The molecule has 1 saturated carbocycles. The van der Waals surface area contributed by atoms with Gasteiger partial charge in [0, 0.05) is 19.5 Å². The van der Waals surface area contributed by atoms with Crippen molar-refractivity contribution in [3.8, 4) is 11.8 Å². The zero-order valence-electron chi connectivity index (χ0n) is 13.9. The van der Waals surface area contributed by atoms with Gasteiger partial charge >= 0.3 is 0 Å². The minimum absolute atomic E-state index is 0.0633. The molecule has 1 aliphatic rings. The Labute approximate surface area is 148 Å². The average Bonchev–Trinajstić information content (AvgIpc) is 2.54. The van der Waals surface area contributed by atoms with Crippen LogP contribution in [0.4, 0.5) is 5.82 Å². The second kappa shape index (κ2) is 8.65. The van der Waals surface area contributed by atoms with Gasteiger partial charge in [0.15, 0.2) is 11.0 Å². The van der Waals surface area contributed by atoms with E-state index in [1.165, 1.54) is 0 Å². The Morgan fingerprint density at radius 2 is 1.96 bits per heavy atom. The van der Waals surface area contributed by atoms with Gasteiger partial charge in [0.05, 0.1) is 6.26 Å². The lowest BCUT2D eigenvalue weighted by Crippen LogP contribution is -2.35. The van der Waals surface area contributed by atoms with E-state index in [1.54, 1.807) is 6.07 Å². The highest BCUT2D eigenvalue weighted by Crippen LogP contribution is 2.30. The van der Waals surface area contributed by atoms with Crippen LogP contribution in [0.2, 0.25) is 5.15 Å². The van der Waals surface area contributed by atoms with Crippen LogP contribution in [0.25, 0.3) is 0 Å². The lowest BCUT2D eigenvalue weighted by Gasteiger charge is -2.34. The topological polar surface area (TPSA) is 72.4 Å². The van der Waals surface area contributed by atoms with Crippen LogP contribution in [0, 0.1) is 17.8 Å². The molecule has 0 amide bonds. The van der Waals surface area contributed by atoms with Crippen LogP contribution in [0.3, 0.4) is 0 Å². The number of aromatic nitrogens is 2. The normalized spacial score (nSPS) is 21.0. The van der Waals surface area contributed by atoms with E-state index >= 15 is 0 Å². The Morgan fingerprint density at radius 1 is 1.25 bits per heavy atom. The molecule has 1 heterocycles. The first-order chi connectivity index (χ1) is 11.3. The molecule has 0 unspecified atom stereocenters. The van der Waals surface area contributed by atoms with Crippen LogP contribution in [0.1, 0.15) is 32.1 Å². The van der Waals surface area contributed by atoms with Gasteiger partial charge in [0.25, 0.3) is 10.1 Å². The molecule has 8 heteroatoms. The largest absolute Gasteiger partial charge is 0.355 e. The quantitative estimate of drug-likeness (QED) is 0.585. The fourth-order valence-corrected chi connectivity index (χ4v) is 3.20. The first-order valence-corrected chi connectivity index (χ1v) is 10.1. The van der Waals surface area contributed by atoms with Crippen LogP contribution in [0.15, 0.2) is 12.1 Å². The molecule has 0 radical (unpaired) electrons. The summed E-state index contributed by atoms with van der Waals surface area (Å²) in [6, 6.07) is 4.08. The highest BCUT2D eigenvalue weighted by Gasteiger charge is 2.24. The molecule has 24 heavy (non-hydrogen) atoms. The SMILES string of the molecule is CN(c1ccc(Cl)nn1)C1CCC(CC#CCOS(C)(=O)=O)CC1. The molecule has 2 rings (SSSR count). The number of nitrogens with zero attached hydrogens (tertiary/aromatic N) is 3. The average molecular weight is 372 g/mol. The van der Waals surface area contributed by atoms with Crippen molar-refractivity contribution in [3.63, 3.8) is 0 Å². The number of halogens is 1. The maximum absolute atomic E-state index is 10.8. The summed E-state index contributed by atoms with van der Waals surface area (Å²) >= 11 is 5.77. The molecule has 0 bridgehead atoms. The van der Waals surface area contributed by atoms with E-state index in [0.29, 0.717) is 17.1 Å². The van der Waals surface area contributed by atoms with Crippen molar-refractivity contribution in [3.05, 3.63) is 17.3 Å². The molecule has 1 aliphatic carbocycles. The van der Waals surface area contributed by atoms with Crippen LogP contribution < -0.4 is 4.90 Å². The summed E-state index contributed by atoms with van der Waals surface area (Å²) in [5.41, 5.74) is 0. The summed E-state index contributed by atoms with van der Waals surface area (Å²) in [6.45, 7) is -0.0633. The molecule has 0 N–H and O–H groups in total. The van der Waals surface area contributed by atoms with Crippen molar-refractivity contribution in [2.75, 3.05) is 24.8 Å². The molecular formula is C16H22ClN3O3S. The van der Waals surface area contributed by atoms with Crippen molar-refractivity contribution in [1.29, 1.82) is 0 Å². The molecule has 0 atom stereocenters. The highest BCUT2D eigenvalue weighted by atomic mass is 35.5. The summed E-state index contributed by atoms with van der Waals surface area (Å²) in [6.07, 6.45) is 6.15. The molecule has 0 aliphatic heterocycles.